The SMILES string of the molecule is CSc1ncccc1C(=O)OCC(=O)Nc1ccc(Br)cc1F. The second-order valence-corrected chi connectivity index (χ2v) is 6.02. The van der Waals surface area contributed by atoms with E-state index in [2.05, 4.69) is 26.2 Å². The molecule has 5 nitrogen and oxygen atoms in total. The Morgan fingerprint density at radius 3 is 2.87 bits per heavy atom. The van der Waals surface area contributed by atoms with E-state index in [1.165, 1.54) is 23.9 Å². The molecule has 1 amide bonds. The van der Waals surface area contributed by atoms with Gasteiger partial charge in [0.25, 0.3) is 5.91 Å². The van der Waals surface area contributed by atoms with Crippen molar-refractivity contribution in [2.75, 3.05) is 18.2 Å². The fourth-order valence-electron chi connectivity index (χ4n) is 1.69. The molecule has 0 aliphatic heterocycles. The van der Waals surface area contributed by atoms with Crippen molar-refractivity contribution in [2.24, 2.45) is 0 Å². The molecule has 1 aromatic carbocycles. The lowest BCUT2D eigenvalue weighted by Crippen LogP contribution is -2.21. The number of nitrogens with zero attached hydrogens (tertiary/aromatic N) is 1. The number of ether oxygens (including phenoxy) is 1. The van der Waals surface area contributed by atoms with Crippen molar-refractivity contribution in [3.05, 3.63) is 52.4 Å². The van der Waals surface area contributed by atoms with Gasteiger partial charge in [-0.3, -0.25) is 4.79 Å². The number of halogens is 2. The molecule has 0 saturated carbocycles. The van der Waals surface area contributed by atoms with Gasteiger partial charge in [-0.2, -0.15) is 0 Å². The van der Waals surface area contributed by atoms with Gasteiger partial charge in [0, 0.05) is 10.7 Å². The molecule has 120 valence electrons. The highest BCUT2D eigenvalue weighted by molar-refractivity contribution is 9.10. The molecular weight excluding hydrogens is 387 g/mol. The van der Waals surface area contributed by atoms with E-state index in [0.29, 0.717) is 9.50 Å². The Kier molecular flexibility index (Phi) is 6.12. The number of rotatable bonds is 5. The van der Waals surface area contributed by atoms with E-state index in [9.17, 15) is 14.0 Å². The van der Waals surface area contributed by atoms with Crippen LogP contribution in [-0.4, -0.2) is 29.7 Å². The van der Waals surface area contributed by atoms with Crippen molar-refractivity contribution in [1.29, 1.82) is 0 Å². The predicted octanol–water partition coefficient (Wildman–Crippen LogP) is 3.50. The number of benzene rings is 1. The molecule has 23 heavy (non-hydrogen) atoms. The Bertz CT molecular complexity index is 742. The van der Waals surface area contributed by atoms with E-state index in [1.807, 2.05) is 0 Å². The molecule has 0 fully saturated rings. The van der Waals surface area contributed by atoms with Crippen LogP contribution in [0.5, 0.6) is 0 Å². The number of anilines is 1. The van der Waals surface area contributed by atoms with Crippen molar-refractivity contribution >= 4 is 45.3 Å². The van der Waals surface area contributed by atoms with Crippen LogP contribution < -0.4 is 5.32 Å². The number of hydrogen-bond acceptors (Lipinski definition) is 5. The van der Waals surface area contributed by atoms with Crippen LogP contribution in [0.3, 0.4) is 0 Å². The third-order valence-electron chi connectivity index (χ3n) is 2.72. The Morgan fingerprint density at radius 2 is 2.17 bits per heavy atom. The molecule has 2 rings (SSSR count). The molecule has 0 aliphatic rings. The number of hydrogen-bond donors (Lipinski definition) is 1. The smallest absolute Gasteiger partial charge is 0.341 e. The van der Waals surface area contributed by atoms with Crippen LogP contribution in [0.1, 0.15) is 10.4 Å². The van der Waals surface area contributed by atoms with Crippen LogP contribution in [-0.2, 0) is 9.53 Å². The summed E-state index contributed by atoms with van der Waals surface area (Å²) in [7, 11) is 0. The number of pyridine rings is 1. The highest BCUT2D eigenvalue weighted by Crippen LogP contribution is 2.20. The van der Waals surface area contributed by atoms with E-state index in [0.717, 1.165) is 0 Å². The number of carbonyl (C=O) groups is 2. The first-order valence-electron chi connectivity index (χ1n) is 6.42. The van der Waals surface area contributed by atoms with E-state index in [4.69, 9.17) is 4.74 Å². The van der Waals surface area contributed by atoms with Crippen LogP contribution in [0.4, 0.5) is 10.1 Å². The number of aromatic nitrogens is 1. The van der Waals surface area contributed by atoms with Crippen molar-refractivity contribution in [1.82, 2.24) is 4.98 Å². The molecule has 0 atom stereocenters. The van der Waals surface area contributed by atoms with Crippen molar-refractivity contribution in [3.63, 3.8) is 0 Å². The zero-order valence-electron chi connectivity index (χ0n) is 12.0. The molecule has 0 aliphatic carbocycles. The zero-order chi connectivity index (χ0) is 16.8. The highest BCUT2D eigenvalue weighted by Gasteiger charge is 2.15. The first-order chi connectivity index (χ1) is 11.0. The van der Waals surface area contributed by atoms with Gasteiger partial charge in [0.05, 0.1) is 11.3 Å². The van der Waals surface area contributed by atoms with E-state index >= 15 is 0 Å². The number of nitrogens with one attached hydrogen (secondary N) is 1. The van der Waals surface area contributed by atoms with Gasteiger partial charge in [-0.15, -0.1) is 11.8 Å². The summed E-state index contributed by atoms with van der Waals surface area (Å²) < 4.78 is 19.1. The third-order valence-corrected chi connectivity index (χ3v) is 3.93. The lowest BCUT2D eigenvalue weighted by atomic mass is 10.3. The third kappa shape index (κ3) is 4.77. The molecule has 8 heteroatoms. The molecule has 0 unspecified atom stereocenters. The van der Waals surface area contributed by atoms with Crippen LogP contribution >= 0.6 is 27.7 Å². The number of amides is 1. The molecule has 1 heterocycles. The lowest BCUT2D eigenvalue weighted by Gasteiger charge is -2.09. The molecule has 0 bridgehead atoms. The Morgan fingerprint density at radius 1 is 1.39 bits per heavy atom. The summed E-state index contributed by atoms with van der Waals surface area (Å²) in [6.07, 6.45) is 3.34. The van der Waals surface area contributed by atoms with Crippen molar-refractivity contribution < 1.29 is 18.7 Å². The summed E-state index contributed by atoms with van der Waals surface area (Å²) >= 11 is 4.42. The second-order valence-electron chi connectivity index (χ2n) is 4.31. The van der Waals surface area contributed by atoms with Crippen molar-refractivity contribution in [2.45, 2.75) is 5.03 Å². The van der Waals surface area contributed by atoms with E-state index in [-0.39, 0.29) is 11.3 Å². The average Bonchev–Trinajstić information content (AvgIpc) is 2.55. The maximum absolute atomic E-state index is 13.6. The summed E-state index contributed by atoms with van der Waals surface area (Å²) in [5.41, 5.74) is 0.294. The molecule has 1 aromatic heterocycles. The normalized spacial score (nSPS) is 10.2. The summed E-state index contributed by atoms with van der Waals surface area (Å²) in [4.78, 5) is 27.7. The summed E-state index contributed by atoms with van der Waals surface area (Å²) in [6.45, 7) is -0.517. The van der Waals surface area contributed by atoms with Gasteiger partial charge in [-0.05, 0) is 36.6 Å². The minimum absolute atomic E-state index is 0.0143. The molecule has 0 radical (unpaired) electrons. The Balaban J connectivity index is 1.95. The fraction of sp³-hybridized carbons (Fsp3) is 0.133. The largest absolute Gasteiger partial charge is 0.452 e. The first kappa shape index (κ1) is 17.4. The first-order valence-corrected chi connectivity index (χ1v) is 8.44. The maximum atomic E-state index is 13.6. The van der Waals surface area contributed by atoms with Gasteiger partial charge in [0.2, 0.25) is 0 Å². The minimum atomic E-state index is -0.658. The maximum Gasteiger partial charge on any atom is 0.341 e. The van der Waals surface area contributed by atoms with Gasteiger partial charge in [0.1, 0.15) is 10.8 Å². The minimum Gasteiger partial charge on any atom is -0.452 e. The van der Waals surface area contributed by atoms with Gasteiger partial charge in [-0.25, -0.2) is 14.2 Å². The monoisotopic (exact) mass is 398 g/mol. The van der Waals surface area contributed by atoms with Crippen LogP contribution in [0.25, 0.3) is 0 Å². The molecule has 0 saturated heterocycles. The topological polar surface area (TPSA) is 68.3 Å². The number of carbonyl (C=O) groups excluding carboxylic acids is 2. The van der Waals surface area contributed by atoms with Gasteiger partial charge >= 0.3 is 5.97 Å². The average molecular weight is 399 g/mol. The van der Waals surface area contributed by atoms with Crippen LogP contribution in [0.15, 0.2) is 46.0 Å². The van der Waals surface area contributed by atoms with Crippen LogP contribution in [0, 0.1) is 5.82 Å². The van der Waals surface area contributed by atoms with Crippen LogP contribution in [0.2, 0.25) is 0 Å². The zero-order valence-corrected chi connectivity index (χ0v) is 14.4. The number of thioether (sulfide) groups is 1. The second kappa shape index (κ2) is 8.07. The summed E-state index contributed by atoms with van der Waals surface area (Å²) in [6, 6.07) is 7.39. The molecular formula is C15H12BrFN2O3S. The molecule has 0 spiro atoms. The van der Waals surface area contributed by atoms with E-state index < -0.39 is 24.3 Å². The van der Waals surface area contributed by atoms with Gasteiger partial charge < -0.3 is 10.1 Å². The molecule has 2 aromatic rings. The van der Waals surface area contributed by atoms with Crippen molar-refractivity contribution in [3.8, 4) is 0 Å². The summed E-state index contributed by atoms with van der Waals surface area (Å²) in [5, 5.41) is 2.85. The predicted molar refractivity (Wildman–Crippen MR) is 89.0 cm³/mol. The fourth-order valence-corrected chi connectivity index (χ4v) is 2.57. The Hall–Kier alpha value is -1.93. The highest BCUT2D eigenvalue weighted by atomic mass is 79.9. The Labute approximate surface area is 144 Å². The molecule has 1 N–H and O–H groups in total. The van der Waals surface area contributed by atoms with Gasteiger partial charge in [-0.1, -0.05) is 15.9 Å². The van der Waals surface area contributed by atoms with Gasteiger partial charge in [0.15, 0.2) is 6.61 Å². The quantitative estimate of drug-likeness (QED) is 0.616. The summed E-state index contributed by atoms with van der Waals surface area (Å²) in [5.74, 6) is -1.88. The lowest BCUT2D eigenvalue weighted by molar-refractivity contribution is -0.119. The standard InChI is InChI=1S/C15H12BrFN2O3S/c1-23-14-10(3-2-6-18-14)15(21)22-8-13(20)19-12-5-4-9(16)7-11(12)17/h2-7H,8H2,1H3,(H,19,20). The number of esters is 1. The van der Waals surface area contributed by atoms with E-state index in [1.54, 1.807) is 30.7 Å².